The summed E-state index contributed by atoms with van der Waals surface area (Å²) in [5.41, 5.74) is 6.08. The van der Waals surface area contributed by atoms with Gasteiger partial charge in [-0.05, 0) is 32.9 Å². The van der Waals surface area contributed by atoms with E-state index in [1.54, 1.807) is 11.3 Å². The van der Waals surface area contributed by atoms with Gasteiger partial charge in [0.25, 0.3) is 0 Å². The van der Waals surface area contributed by atoms with Crippen LogP contribution in [0.1, 0.15) is 30.0 Å². The van der Waals surface area contributed by atoms with Crippen molar-refractivity contribution in [3.63, 3.8) is 0 Å². The molecule has 84 valence electrons. The molecule has 0 bridgehead atoms. The Labute approximate surface area is 99.6 Å². The second kappa shape index (κ2) is 4.61. The molecule has 0 saturated heterocycles. The van der Waals surface area contributed by atoms with Gasteiger partial charge in [0.2, 0.25) is 0 Å². The van der Waals surface area contributed by atoms with Crippen LogP contribution in [0.4, 0.5) is 5.69 Å². The van der Waals surface area contributed by atoms with E-state index in [1.165, 1.54) is 0 Å². The molecule has 0 aliphatic heterocycles. The smallest absolute Gasteiger partial charge is 0.0795 e. The second-order valence-electron chi connectivity index (χ2n) is 3.86. The van der Waals surface area contributed by atoms with Crippen molar-refractivity contribution in [3.05, 3.63) is 40.1 Å². The van der Waals surface area contributed by atoms with Crippen molar-refractivity contribution in [3.8, 4) is 0 Å². The molecule has 0 aliphatic carbocycles. The van der Waals surface area contributed by atoms with Gasteiger partial charge in [-0.25, -0.2) is 4.98 Å². The second-order valence-corrected chi connectivity index (χ2v) is 4.58. The standard InChI is InChI=1S/C12H15N3S/c1-8-4-5-11(9(2)14-8)15-10(3)12-6-16-7-13-12/h4-7,10,15H,1-3H3. The van der Waals surface area contributed by atoms with E-state index >= 15 is 0 Å². The van der Waals surface area contributed by atoms with Gasteiger partial charge in [-0.2, -0.15) is 0 Å². The Hall–Kier alpha value is -1.42. The van der Waals surface area contributed by atoms with E-state index in [9.17, 15) is 0 Å². The largest absolute Gasteiger partial charge is 0.375 e. The van der Waals surface area contributed by atoms with Gasteiger partial charge in [0, 0.05) is 11.1 Å². The molecule has 1 N–H and O–H groups in total. The monoisotopic (exact) mass is 233 g/mol. The van der Waals surface area contributed by atoms with E-state index in [0.717, 1.165) is 22.8 Å². The first kappa shape index (κ1) is 11.1. The van der Waals surface area contributed by atoms with Gasteiger partial charge >= 0.3 is 0 Å². The molecule has 2 aromatic rings. The summed E-state index contributed by atoms with van der Waals surface area (Å²) in [5, 5.41) is 5.49. The molecular formula is C12H15N3S. The molecule has 2 rings (SSSR count). The summed E-state index contributed by atoms with van der Waals surface area (Å²) in [6.45, 7) is 6.12. The fourth-order valence-electron chi connectivity index (χ4n) is 1.58. The van der Waals surface area contributed by atoms with Crippen LogP contribution < -0.4 is 5.32 Å². The van der Waals surface area contributed by atoms with Crippen molar-refractivity contribution in [2.45, 2.75) is 26.8 Å². The van der Waals surface area contributed by atoms with E-state index in [1.807, 2.05) is 25.4 Å². The SMILES string of the molecule is Cc1ccc(NC(C)c2cscn2)c(C)n1. The van der Waals surface area contributed by atoms with Crippen molar-refractivity contribution in [2.75, 3.05) is 5.32 Å². The van der Waals surface area contributed by atoms with Crippen molar-refractivity contribution in [1.29, 1.82) is 0 Å². The number of aryl methyl sites for hydroxylation is 2. The third-order valence-corrected chi connectivity index (χ3v) is 3.10. The summed E-state index contributed by atoms with van der Waals surface area (Å²) in [6, 6.07) is 4.30. The highest BCUT2D eigenvalue weighted by atomic mass is 32.1. The zero-order valence-corrected chi connectivity index (χ0v) is 10.5. The number of nitrogens with one attached hydrogen (secondary N) is 1. The minimum atomic E-state index is 0.217. The van der Waals surface area contributed by atoms with Crippen LogP contribution in [0.3, 0.4) is 0 Å². The summed E-state index contributed by atoms with van der Waals surface area (Å²) in [6.07, 6.45) is 0. The highest BCUT2D eigenvalue weighted by Gasteiger charge is 2.08. The molecular weight excluding hydrogens is 218 g/mol. The number of thiazole rings is 1. The molecule has 1 unspecified atom stereocenters. The van der Waals surface area contributed by atoms with Crippen LogP contribution in [-0.4, -0.2) is 9.97 Å². The molecule has 0 radical (unpaired) electrons. The first-order valence-electron chi connectivity index (χ1n) is 5.25. The lowest BCUT2D eigenvalue weighted by Crippen LogP contribution is -2.08. The lowest BCUT2D eigenvalue weighted by molar-refractivity contribution is 0.845. The lowest BCUT2D eigenvalue weighted by atomic mass is 10.2. The van der Waals surface area contributed by atoms with E-state index < -0.39 is 0 Å². The minimum Gasteiger partial charge on any atom is -0.375 e. The lowest BCUT2D eigenvalue weighted by Gasteiger charge is -2.14. The zero-order chi connectivity index (χ0) is 11.5. The van der Waals surface area contributed by atoms with Crippen LogP contribution in [0, 0.1) is 13.8 Å². The molecule has 0 spiro atoms. The van der Waals surface area contributed by atoms with Crippen molar-refractivity contribution in [2.24, 2.45) is 0 Å². The van der Waals surface area contributed by atoms with Gasteiger partial charge in [0.1, 0.15) is 0 Å². The van der Waals surface area contributed by atoms with E-state index in [2.05, 4.69) is 33.7 Å². The summed E-state index contributed by atoms with van der Waals surface area (Å²) >= 11 is 1.62. The summed E-state index contributed by atoms with van der Waals surface area (Å²) in [4.78, 5) is 8.72. The first-order valence-corrected chi connectivity index (χ1v) is 6.20. The first-order chi connectivity index (χ1) is 7.66. The molecule has 0 aromatic carbocycles. The quantitative estimate of drug-likeness (QED) is 0.883. The predicted octanol–water partition coefficient (Wildman–Crippen LogP) is 3.33. The third kappa shape index (κ3) is 2.39. The van der Waals surface area contributed by atoms with Gasteiger partial charge in [-0.1, -0.05) is 0 Å². The maximum Gasteiger partial charge on any atom is 0.0795 e. The van der Waals surface area contributed by atoms with Crippen molar-refractivity contribution >= 4 is 17.0 Å². The zero-order valence-electron chi connectivity index (χ0n) is 9.69. The molecule has 0 fully saturated rings. The van der Waals surface area contributed by atoms with Gasteiger partial charge in [0.15, 0.2) is 0 Å². The molecule has 0 amide bonds. The van der Waals surface area contributed by atoms with Crippen molar-refractivity contribution in [1.82, 2.24) is 9.97 Å². The average Bonchev–Trinajstić information content (AvgIpc) is 2.75. The van der Waals surface area contributed by atoms with Crippen LogP contribution in [0.2, 0.25) is 0 Å². The predicted molar refractivity (Wildman–Crippen MR) is 67.9 cm³/mol. The summed E-state index contributed by atoms with van der Waals surface area (Å²) in [7, 11) is 0. The van der Waals surface area contributed by atoms with Crippen LogP contribution in [0.15, 0.2) is 23.0 Å². The Bertz CT molecular complexity index is 465. The number of anilines is 1. The van der Waals surface area contributed by atoms with Gasteiger partial charge < -0.3 is 5.32 Å². The number of nitrogens with zero attached hydrogens (tertiary/aromatic N) is 2. The molecule has 0 saturated carbocycles. The summed E-state index contributed by atoms with van der Waals surface area (Å²) < 4.78 is 0. The molecule has 0 aliphatic rings. The number of pyridine rings is 1. The number of hydrogen-bond acceptors (Lipinski definition) is 4. The van der Waals surface area contributed by atoms with Crippen LogP contribution in [0.25, 0.3) is 0 Å². The summed E-state index contributed by atoms with van der Waals surface area (Å²) in [5.74, 6) is 0. The van der Waals surface area contributed by atoms with E-state index in [4.69, 9.17) is 0 Å². The number of hydrogen-bond donors (Lipinski definition) is 1. The highest BCUT2D eigenvalue weighted by molar-refractivity contribution is 7.07. The van der Waals surface area contributed by atoms with Crippen LogP contribution in [-0.2, 0) is 0 Å². The van der Waals surface area contributed by atoms with Gasteiger partial charge in [-0.3, -0.25) is 4.98 Å². The van der Waals surface area contributed by atoms with Crippen LogP contribution >= 0.6 is 11.3 Å². The molecule has 1 atom stereocenters. The third-order valence-electron chi connectivity index (χ3n) is 2.49. The fourth-order valence-corrected chi connectivity index (χ4v) is 2.23. The molecule has 4 heteroatoms. The highest BCUT2D eigenvalue weighted by Crippen LogP contribution is 2.21. The van der Waals surface area contributed by atoms with Gasteiger partial charge in [-0.15, -0.1) is 11.3 Å². The normalized spacial score (nSPS) is 12.4. The maximum atomic E-state index is 4.43. The Kier molecular flexibility index (Phi) is 3.19. The maximum absolute atomic E-state index is 4.43. The number of rotatable bonds is 3. The van der Waals surface area contributed by atoms with Gasteiger partial charge in [0.05, 0.1) is 28.6 Å². The molecule has 2 heterocycles. The Morgan fingerprint density at radius 2 is 2.12 bits per heavy atom. The topological polar surface area (TPSA) is 37.8 Å². The van der Waals surface area contributed by atoms with Crippen molar-refractivity contribution < 1.29 is 0 Å². The number of aromatic nitrogens is 2. The van der Waals surface area contributed by atoms with E-state index in [-0.39, 0.29) is 6.04 Å². The van der Waals surface area contributed by atoms with Crippen LogP contribution in [0.5, 0.6) is 0 Å². The molecule has 2 aromatic heterocycles. The fraction of sp³-hybridized carbons (Fsp3) is 0.333. The molecule has 16 heavy (non-hydrogen) atoms. The minimum absolute atomic E-state index is 0.217. The Morgan fingerprint density at radius 1 is 1.31 bits per heavy atom. The van der Waals surface area contributed by atoms with E-state index in [0.29, 0.717) is 0 Å². The Morgan fingerprint density at radius 3 is 2.75 bits per heavy atom. The Balaban J connectivity index is 2.15. The molecule has 3 nitrogen and oxygen atoms in total. The average molecular weight is 233 g/mol.